The number of nitrogens with one attached hydrogen (secondary N) is 1. The second-order valence-corrected chi connectivity index (χ2v) is 6.24. The number of benzene rings is 1. The first-order chi connectivity index (χ1) is 8.94. The van der Waals surface area contributed by atoms with Crippen molar-refractivity contribution in [3.8, 4) is 0 Å². The lowest BCUT2D eigenvalue weighted by Crippen LogP contribution is -2.21. The maximum Gasteiger partial charge on any atom is 0.178 e. The van der Waals surface area contributed by atoms with Crippen LogP contribution in [0.1, 0.15) is 32.8 Å². The van der Waals surface area contributed by atoms with Gasteiger partial charge in [0.05, 0.1) is 5.54 Å². The molecule has 3 nitrogen and oxygen atoms in total. The maximum absolute atomic E-state index is 12.8. The number of hydrogen-bond donors (Lipinski definition) is 1. The Kier molecular flexibility index (Phi) is 4.24. The third-order valence-corrected chi connectivity index (χ3v) is 3.66. The van der Waals surface area contributed by atoms with E-state index >= 15 is 0 Å². The first kappa shape index (κ1) is 14.1. The summed E-state index contributed by atoms with van der Waals surface area (Å²) in [6, 6.07) is 6.54. The SMILES string of the molecule is CC1=NNC(SCc2ccc(F)cc2)=NC(C)(C)C1. The molecule has 0 radical (unpaired) electrons. The average Bonchev–Trinajstić information content (AvgIpc) is 2.46. The molecule has 1 N–H and O–H groups in total. The highest BCUT2D eigenvalue weighted by Crippen LogP contribution is 2.22. The standard InChI is InChI=1S/C14H18FN3S/c1-10-8-14(2,3)16-13(18-17-10)19-9-11-4-6-12(15)7-5-11/h4-7H,8-9H2,1-3H3,(H,16,18). The number of nitrogens with zero attached hydrogens (tertiary/aromatic N) is 2. The number of halogens is 1. The summed E-state index contributed by atoms with van der Waals surface area (Å²) in [4.78, 5) is 4.67. The Morgan fingerprint density at radius 3 is 2.68 bits per heavy atom. The zero-order valence-electron chi connectivity index (χ0n) is 11.4. The molecule has 0 aliphatic carbocycles. The van der Waals surface area contributed by atoms with Crippen LogP contribution in [0.15, 0.2) is 34.4 Å². The third kappa shape index (κ3) is 4.35. The van der Waals surface area contributed by atoms with Crippen molar-refractivity contribution in [2.45, 2.75) is 38.5 Å². The van der Waals surface area contributed by atoms with E-state index < -0.39 is 0 Å². The van der Waals surface area contributed by atoms with Crippen LogP contribution in [-0.2, 0) is 5.75 Å². The van der Waals surface area contributed by atoms with Gasteiger partial charge in [-0.1, -0.05) is 23.9 Å². The predicted molar refractivity (Wildman–Crippen MR) is 80.1 cm³/mol. The minimum absolute atomic E-state index is 0.137. The number of aliphatic imine (C=N–C) groups is 1. The minimum Gasteiger partial charge on any atom is -0.256 e. The Bertz CT molecular complexity index is 506. The minimum atomic E-state index is -0.208. The molecule has 0 saturated carbocycles. The normalized spacial score (nSPS) is 18.1. The lowest BCUT2D eigenvalue weighted by molar-refractivity contribution is 0.549. The molecule has 0 atom stereocenters. The van der Waals surface area contributed by atoms with E-state index in [1.807, 2.05) is 6.92 Å². The highest BCUT2D eigenvalue weighted by Gasteiger charge is 2.21. The van der Waals surface area contributed by atoms with Crippen molar-refractivity contribution in [2.75, 3.05) is 0 Å². The number of hydrazone groups is 1. The second kappa shape index (κ2) is 5.74. The Balaban J connectivity index is 2.02. The first-order valence-corrected chi connectivity index (χ1v) is 7.19. The highest BCUT2D eigenvalue weighted by atomic mass is 32.2. The fraction of sp³-hybridized carbons (Fsp3) is 0.429. The molecule has 102 valence electrons. The molecule has 5 heteroatoms. The molecule has 0 amide bonds. The lowest BCUT2D eigenvalue weighted by Gasteiger charge is -2.17. The van der Waals surface area contributed by atoms with Gasteiger partial charge < -0.3 is 0 Å². The van der Waals surface area contributed by atoms with Gasteiger partial charge in [0.2, 0.25) is 0 Å². The summed E-state index contributed by atoms with van der Waals surface area (Å²) in [5.74, 6) is 0.538. The van der Waals surface area contributed by atoms with E-state index in [0.717, 1.165) is 28.6 Å². The molecule has 0 unspecified atom stereocenters. The Morgan fingerprint density at radius 2 is 2.00 bits per heavy atom. The number of rotatable bonds is 2. The molecule has 19 heavy (non-hydrogen) atoms. The lowest BCUT2D eigenvalue weighted by atomic mass is 9.99. The van der Waals surface area contributed by atoms with E-state index in [0.29, 0.717) is 0 Å². The summed E-state index contributed by atoms with van der Waals surface area (Å²) in [5.41, 5.74) is 4.97. The largest absolute Gasteiger partial charge is 0.256 e. The molecule has 2 rings (SSSR count). The van der Waals surface area contributed by atoms with Crippen LogP contribution in [-0.4, -0.2) is 16.4 Å². The second-order valence-electron chi connectivity index (χ2n) is 5.28. The summed E-state index contributed by atoms with van der Waals surface area (Å²) >= 11 is 1.58. The zero-order valence-corrected chi connectivity index (χ0v) is 12.2. The molecule has 0 aromatic heterocycles. The smallest absolute Gasteiger partial charge is 0.178 e. The van der Waals surface area contributed by atoms with Gasteiger partial charge in [-0.3, -0.25) is 10.4 Å². The Hall–Kier alpha value is -1.36. The van der Waals surface area contributed by atoms with Crippen LogP contribution in [0.3, 0.4) is 0 Å². The van der Waals surface area contributed by atoms with Gasteiger partial charge in [0.25, 0.3) is 0 Å². The zero-order chi connectivity index (χ0) is 13.9. The van der Waals surface area contributed by atoms with Gasteiger partial charge in [-0.05, 0) is 38.5 Å². The molecule has 0 spiro atoms. The van der Waals surface area contributed by atoms with Gasteiger partial charge in [0, 0.05) is 17.9 Å². The van der Waals surface area contributed by atoms with Crippen molar-refractivity contribution in [1.29, 1.82) is 0 Å². The van der Waals surface area contributed by atoms with E-state index in [1.54, 1.807) is 23.9 Å². The van der Waals surface area contributed by atoms with Gasteiger partial charge in [-0.2, -0.15) is 5.10 Å². The molecule has 1 aliphatic rings. The number of hydrogen-bond acceptors (Lipinski definition) is 4. The van der Waals surface area contributed by atoms with Crippen molar-refractivity contribution < 1.29 is 4.39 Å². The molecule has 1 aromatic carbocycles. The Morgan fingerprint density at radius 1 is 1.32 bits per heavy atom. The van der Waals surface area contributed by atoms with E-state index in [9.17, 15) is 4.39 Å². The number of thioether (sulfide) groups is 1. The molecular weight excluding hydrogens is 261 g/mol. The van der Waals surface area contributed by atoms with Crippen molar-refractivity contribution in [1.82, 2.24) is 5.43 Å². The van der Waals surface area contributed by atoms with Crippen LogP contribution in [0.25, 0.3) is 0 Å². The topological polar surface area (TPSA) is 36.8 Å². The fourth-order valence-electron chi connectivity index (χ4n) is 1.95. The quantitative estimate of drug-likeness (QED) is 0.898. The molecule has 1 aromatic rings. The van der Waals surface area contributed by atoms with Crippen LogP contribution in [0.2, 0.25) is 0 Å². The van der Waals surface area contributed by atoms with Gasteiger partial charge >= 0.3 is 0 Å². The van der Waals surface area contributed by atoms with E-state index in [2.05, 4.69) is 29.4 Å². The van der Waals surface area contributed by atoms with E-state index in [4.69, 9.17) is 0 Å². The van der Waals surface area contributed by atoms with Crippen LogP contribution in [0, 0.1) is 5.82 Å². The molecule has 0 bridgehead atoms. The summed E-state index contributed by atoms with van der Waals surface area (Å²) < 4.78 is 12.8. The number of amidine groups is 1. The first-order valence-electron chi connectivity index (χ1n) is 6.21. The molecule has 0 fully saturated rings. The molecular formula is C14H18FN3S. The van der Waals surface area contributed by atoms with Gasteiger partial charge in [-0.25, -0.2) is 4.39 Å². The van der Waals surface area contributed by atoms with Crippen molar-refractivity contribution in [3.05, 3.63) is 35.6 Å². The van der Waals surface area contributed by atoms with Crippen molar-refractivity contribution in [2.24, 2.45) is 10.1 Å². The monoisotopic (exact) mass is 279 g/mol. The summed E-state index contributed by atoms with van der Waals surface area (Å²) in [7, 11) is 0. The average molecular weight is 279 g/mol. The molecule has 1 aliphatic heterocycles. The maximum atomic E-state index is 12.8. The Labute approximate surface area is 117 Å². The van der Waals surface area contributed by atoms with Crippen LogP contribution in [0.5, 0.6) is 0 Å². The van der Waals surface area contributed by atoms with Crippen molar-refractivity contribution >= 4 is 22.6 Å². The fourth-order valence-corrected chi connectivity index (χ4v) is 2.86. The molecule has 1 heterocycles. The van der Waals surface area contributed by atoms with Crippen LogP contribution < -0.4 is 5.43 Å². The van der Waals surface area contributed by atoms with Crippen molar-refractivity contribution in [3.63, 3.8) is 0 Å². The van der Waals surface area contributed by atoms with Gasteiger partial charge in [0.1, 0.15) is 5.82 Å². The van der Waals surface area contributed by atoms with Gasteiger partial charge in [0.15, 0.2) is 5.17 Å². The summed E-state index contributed by atoms with van der Waals surface area (Å²) in [6.07, 6.45) is 0.848. The summed E-state index contributed by atoms with van der Waals surface area (Å²) in [6.45, 7) is 6.19. The molecule has 0 saturated heterocycles. The summed E-state index contributed by atoms with van der Waals surface area (Å²) in [5, 5.41) is 5.09. The van der Waals surface area contributed by atoms with E-state index in [-0.39, 0.29) is 11.4 Å². The van der Waals surface area contributed by atoms with Crippen LogP contribution in [0.4, 0.5) is 4.39 Å². The van der Waals surface area contributed by atoms with Gasteiger partial charge in [-0.15, -0.1) is 0 Å². The van der Waals surface area contributed by atoms with Crippen LogP contribution >= 0.6 is 11.8 Å². The predicted octanol–water partition coefficient (Wildman–Crippen LogP) is 3.56. The van der Waals surface area contributed by atoms with E-state index in [1.165, 1.54) is 12.1 Å². The highest BCUT2D eigenvalue weighted by molar-refractivity contribution is 8.13. The third-order valence-electron chi connectivity index (χ3n) is 2.72.